The molecule has 0 fully saturated rings. The molecule has 0 saturated heterocycles. The van der Waals surface area contributed by atoms with E-state index in [9.17, 15) is 9.90 Å². The Morgan fingerprint density at radius 3 is 1.85 bits per heavy atom. The first kappa shape index (κ1) is 20.9. The fraction of sp³-hybridized carbons (Fsp3) is 0.211. The van der Waals surface area contributed by atoms with Gasteiger partial charge in [0, 0.05) is 25.2 Å². The molecule has 0 aromatic heterocycles. The number of carbonyl (C=O) groups excluding carboxylic acids is 1. The molecular weight excluding hydrogens is 380 g/mol. The lowest BCUT2D eigenvalue weighted by Crippen LogP contribution is -2.49. The first-order valence-electron chi connectivity index (χ1n) is 8.28. The van der Waals surface area contributed by atoms with E-state index < -0.39 is 6.23 Å². The summed E-state index contributed by atoms with van der Waals surface area (Å²) in [5.74, 6) is -0.380. The molecule has 0 saturated carbocycles. The minimum Gasteiger partial charge on any atom is -0.376 e. The lowest BCUT2D eigenvalue weighted by molar-refractivity contribution is -0.126. The SMILES string of the molecule is CN(NC(=O)CC(O)NN(C)C(=S)c1ccccc1)C(=S)c1ccccc1. The third-order valence-electron chi connectivity index (χ3n) is 3.66. The van der Waals surface area contributed by atoms with Crippen LogP contribution in [0, 0.1) is 0 Å². The van der Waals surface area contributed by atoms with Crippen LogP contribution in [0.3, 0.4) is 0 Å². The Kier molecular flexibility index (Phi) is 7.81. The number of rotatable bonds is 6. The highest BCUT2D eigenvalue weighted by molar-refractivity contribution is 7.80. The van der Waals surface area contributed by atoms with Crippen molar-refractivity contribution in [1.82, 2.24) is 20.9 Å². The second kappa shape index (κ2) is 10.1. The van der Waals surface area contributed by atoms with E-state index in [-0.39, 0.29) is 12.3 Å². The number of aliphatic hydroxyl groups is 1. The van der Waals surface area contributed by atoms with E-state index in [4.69, 9.17) is 24.4 Å². The second-order valence-electron chi connectivity index (χ2n) is 5.84. The highest BCUT2D eigenvalue weighted by Crippen LogP contribution is 2.05. The van der Waals surface area contributed by atoms with Crippen LogP contribution in [0.15, 0.2) is 60.7 Å². The highest BCUT2D eigenvalue weighted by Gasteiger charge is 2.17. The fourth-order valence-corrected chi connectivity index (χ4v) is 2.71. The number of aliphatic hydroxyl groups excluding tert-OH is 1. The van der Waals surface area contributed by atoms with E-state index in [1.165, 1.54) is 10.0 Å². The summed E-state index contributed by atoms with van der Waals surface area (Å²) < 4.78 is 0. The average Bonchev–Trinajstić information content (AvgIpc) is 2.67. The quantitative estimate of drug-likeness (QED) is 0.387. The van der Waals surface area contributed by atoms with E-state index >= 15 is 0 Å². The molecule has 0 spiro atoms. The highest BCUT2D eigenvalue weighted by atomic mass is 32.1. The van der Waals surface area contributed by atoms with Crippen LogP contribution < -0.4 is 10.9 Å². The van der Waals surface area contributed by atoms with Crippen molar-refractivity contribution in [2.24, 2.45) is 0 Å². The number of hydrogen-bond acceptors (Lipinski definition) is 5. The van der Waals surface area contributed by atoms with Gasteiger partial charge >= 0.3 is 0 Å². The van der Waals surface area contributed by atoms with E-state index in [0.29, 0.717) is 9.98 Å². The third kappa shape index (κ3) is 6.37. The lowest BCUT2D eigenvalue weighted by Gasteiger charge is -2.26. The molecule has 27 heavy (non-hydrogen) atoms. The van der Waals surface area contributed by atoms with Gasteiger partial charge in [0.15, 0.2) is 0 Å². The number of nitrogens with zero attached hydrogens (tertiary/aromatic N) is 2. The van der Waals surface area contributed by atoms with Crippen molar-refractivity contribution in [1.29, 1.82) is 0 Å². The summed E-state index contributed by atoms with van der Waals surface area (Å²) in [7, 11) is 3.34. The Morgan fingerprint density at radius 1 is 0.926 bits per heavy atom. The second-order valence-corrected chi connectivity index (χ2v) is 6.62. The largest absolute Gasteiger partial charge is 0.376 e. The number of nitrogens with one attached hydrogen (secondary N) is 2. The molecule has 0 aliphatic carbocycles. The van der Waals surface area contributed by atoms with Gasteiger partial charge in [0.2, 0.25) is 5.91 Å². The summed E-state index contributed by atoms with van der Waals surface area (Å²) in [6.07, 6.45) is -1.26. The predicted octanol–water partition coefficient (Wildman–Crippen LogP) is 1.85. The van der Waals surface area contributed by atoms with Gasteiger partial charge in [0.05, 0.1) is 6.42 Å². The van der Waals surface area contributed by atoms with Crippen LogP contribution in [-0.2, 0) is 4.79 Å². The van der Waals surface area contributed by atoms with Crippen molar-refractivity contribution in [3.8, 4) is 0 Å². The van der Waals surface area contributed by atoms with Crippen LogP contribution in [0.25, 0.3) is 0 Å². The van der Waals surface area contributed by atoms with Crippen LogP contribution in [0.1, 0.15) is 17.5 Å². The van der Waals surface area contributed by atoms with Crippen molar-refractivity contribution >= 4 is 40.3 Å². The Balaban J connectivity index is 1.82. The van der Waals surface area contributed by atoms with Gasteiger partial charge in [-0.25, -0.2) is 5.43 Å². The summed E-state index contributed by atoms with van der Waals surface area (Å²) in [6, 6.07) is 18.8. The maximum atomic E-state index is 12.2. The van der Waals surface area contributed by atoms with Gasteiger partial charge in [-0.2, -0.15) is 0 Å². The molecule has 0 aliphatic heterocycles. The minimum atomic E-state index is -1.10. The number of hydrazine groups is 2. The van der Waals surface area contributed by atoms with Crippen LogP contribution in [0.2, 0.25) is 0 Å². The van der Waals surface area contributed by atoms with Gasteiger partial charge in [0.1, 0.15) is 16.2 Å². The molecule has 142 valence electrons. The molecule has 0 aliphatic rings. The van der Waals surface area contributed by atoms with E-state index in [1.807, 2.05) is 60.7 Å². The van der Waals surface area contributed by atoms with Gasteiger partial charge in [-0.3, -0.25) is 20.2 Å². The first-order valence-corrected chi connectivity index (χ1v) is 9.10. The smallest absolute Gasteiger partial charge is 0.242 e. The maximum Gasteiger partial charge on any atom is 0.242 e. The van der Waals surface area contributed by atoms with Crippen molar-refractivity contribution in [3.63, 3.8) is 0 Å². The van der Waals surface area contributed by atoms with E-state index in [1.54, 1.807) is 14.1 Å². The molecule has 1 unspecified atom stereocenters. The Labute approximate surface area is 169 Å². The number of benzene rings is 2. The van der Waals surface area contributed by atoms with Crippen LogP contribution in [0.4, 0.5) is 0 Å². The standard InChI is InChI=1S/C19H22N4O2S2/c1-22(18(26)14-9-5-3-6-10-14)20-16(24)13-17(25)21-23(2)19(27)15-11-7-4-8-12-15/h3-12,16,20,24H,13H2,1-2H3,(H,21,25). The van der Waals surface area contributed by atoms with Gasteiger partial charge in [-0.15, -0.1) is 0 Å². The summed E-state index contributed by atoms with van der Waals surface area (Å²) in [5.41, 5.74) is 7.08. The molecule has 0 radical (unpaired) electrons. The Hall–Kier alpha value is -2.39. The van der Waals surface area contributed by atoms with E-state index in [0.717, 1.165) is 11.1 Å². The monoisotopic (exact) mass is 402 g/mol. The zero-order valence-electron chi connectivity index (χ0n) is 15.1. The Bertz CT molecular complexity index is 787. The van der Waals surface area contributed by atoms with Gasteiger partial charge < -0.3 is 5.11 Å². The van der Waals surface area contributed by atoms with E-state index in [2.05, 4.69) is 10.9 Å². The molecule has 1 atom stereocenters. The maximum absolute atomic E-state index is 12.2. The summed E-state index contributed by atoms with van der Waals surface area (Å²) >= 11 is 10.7. The third-order valence-corrected chi connectivity index (χ3v) is 4.68. The molecule has 2 rings (SSSR count). The number of carbonyl (C=O) groups is 1. The zero-order chi connectivity index (χ0) is 19.8. The van der Waals surface area contributed by atoms with Crippen LogP contribution >= 0.6 is 24.4 Å². The molecule has 8 heteroatoms. The molecule has 1 amide bonds. The number of thiocarbonyl (C=S) groups is 2. The van der Waals surface area contributed by atoms with Crippen molar-refractivity contribution in [3.05, 3.63) is 71.8 Å². The average molecular weight is 403 g/mol. The molecule has 0 bridgehead atoms. The summed E-state index contributed by atoms with van der Waals surface area (Å²) in [4.78, 5) is 13.1. The lowest BCUT2D eigenvalue weighted by atomic mass is 10.2. The first-order chi connectivity index (χ1) is 12.9. The van der Waals surface area contributed by atoms with Gasteiger partial charge in [-0.1, -0.05) is 85.1 Å². The molecule has 2 aromatic carbocycles. The number of amides is 1. The molecule has 3 N–H and O–H groups in total. The fourth-order valence-electron chi connectivity index (χ4n) is 2.34. The van der Waals surface area contributed by atoms with Crippen molar-refractivity contribution in [2.45, 2.75) is 12.6 Å². The molecule has 2 aromatic rings. The molecule has 0 heterocycles. The van der Waals surface area contributed by atoms with Crippen molar-refractivity contribution < 1.29 is 9.90 Å². The van der Waals surface area contributed by atoms with Crippen LogP contribution in [-0.4, -0.2) is 51.3 Å². The zero-order valence-corrected chi connectivity index (χ0v) is 16.8. The number of hydrogen-bond donors (Lipinski definition) is 3. The summed E-state index contributed by atoms with van der Waals surface area (Å²) in [6.45, 7) is 0. The molecule has 6 nitrogen and oxygen atoms in total. The predicted molar refractivity (Wildman–Crippen MR) is 114 cm³/mol. The Morgan fingerprint density at radius 2 is 1.37 bits per heavy atom. The van der Waals surface area contributed by atoms with Gasteiger partial charge in [0.25, 0.3) is 0 Å². The van der Waals surface area contributed by atoms with Gasteiger partial charge in [-0.05, 0) is 0 Å². The minimum absolute atomic E-state index is 0.163. The molecular formula is C19H22N4O2S2. The normalized spacial score (nSPS) is 11.4. The van der Waals surface area contributed by atoms with Crippen molar-refractivity contribution in [2.75, 3.05) is 14.1 Å². The van der Waals surface area contributed by atoms with Crippen LogP contribution in [0.5, 0.6) is 0 Å². The summed E-state index contributed by atoms with van der Waals surface area (Å²) in [5, 5.41) is 13.1. The topological polar surface area (TPSA) is 67.8 Å².